The van der Waals surface area contributed by atoms with Gasteiger partial charge in [0.05, 0.1) is 24.1 Å². The van der Waals surface area contributed by atoms with Gasteiger partial charge in [0.15, 0.2) is 11.5 Å². The number of alkyl halides is 3. The Morgan fingerprint density at radius 3 is 2.48 bits per heavy atom. The van der Waals surface area contributed by atoms with Crippen molar-refractivity contribution in [1.29, 1.82) is 0 Å². The first-order valence-corrected chi connectivity index (χ1v) is 7.52. The van der Waals surface area contributed by atoms with Crippen LogP contribution in [0.25, 0.3) is 0 Å². The highest BCUT2D eigenvalue weighted by Crippen LogP contribution is 2.37. The van der Waals surface area contributed by atoms with Gasteiger partial charge < -0.3 is 14.8 Å². The van der Waals surface area contributed by atoms with Crippen LogP contribution in [0.3, 0.4) is 0 Å². The van der Waals surface area contributed by atoms with Crippen molar-refractivity contribution in [2.75, 3.05) is 19.8 Å². The monoisotopic (exact) mass is 369 g/mol. The molecule has 3 nitrogen and oxygen atoms in total. The van der Waals surface area contributed by atoms with Gasteiger partial charge in [-0.05, 0) is 47.1 Å². The molecule has 0 fully saturated rings. The lowest BCUT2D eigenvalue weighted by atomic mass is 10.2. The van der Waals surface area contributed by atoms with Crippen molar-refractivity contribution >= 4 is 15.9 Å². The molecule has 1 N–H and O–H groups in total. The summed E-state index contributed by atoms with van der Waals surface area (Å²) >= 11 is 3.33. The van der Waals surface area contributed by atoms with E-state index in [1.807, 2.05) is 19.9 Å². The minimum atomic E-state index is -4.23. The third kappa shape index (κ3) is 6.56. The van der Waals surface area contributed by atoms with Crippen molar-refractivity contribution in [2.24, 2.45) is 0 Å². The molecule has 0 radical (unpaired) electrons. The van der Waals surface area contributed by atoms with Crippen LogP contribution in [0.1, 0.15) is 25.8 Å². The van der Waals surface area contributed by atoms with Crippen molar-refractivity contribution in [3.63, 3.8) is 0 Å². The fraction of sp³-hybridized carbons (Fsp3) is 0.571. The van der Waals surface area contributed by atoms with E-state index >= 15 is 0 Å². The number of benzene rings is 1. The normalized spacial score (nSPS) is 11.5. The summed E-state index contributed by atoms with van der Waals surface area (Å²) < 4.78 is 47.8. The SMILES string of the molecule is CCNCc1cc(Br)c(OCCC(F)(F)F)c(OCC)c1. The molecule has 0 unspecified atom stereocenters. The Balaban J connectivity index is 2.85. The predicted octanol–water partition coefficient (Wildman–Crippen LogP) is 4.29. The topological polar surface area (TPSA) is 30.5 Å². The fourth-order valence-corrected chi connectivity index (χ4v) is 2.27. The first-order chi connectivity index (χ1) is 9.87. The number of rotatable bonds is 8. The molecule has 0 aromatic heterocycles. The molecule has 0 aliphatic rings. The molecule has 0 aliphatic carbocycles. The van der Waals surface area contributed by atoms with Crippen LogP contribution < -0.4 is 14.8 Å². The van der Waals surface area contributed by atoms with Gasteiger partial charge in [-0.25, -0.2) is 0 Å². The Morgan fingerprint density at radius 2 is 1.90 bits per heavy atom. The standard InChI is InChI=1S/C14H19BrF3NO2/c1-3-19-9-10-7-11(15)13(12(8-10)20-4-2)21-6-5-14(16,17)18/h7-8,19H,3-6,9H2,1-2H3. The summed E-state index contributed by atoms with van der Waals surface area (Å²) in [5, 5.41) is 3.18. The van der Waals surface area contributed by atoms with Crippen LogP contribution in [0.4, 0.5) is 13.2 Å². The summed E-state index contributed by atoms with van der Waals surface area (Å²) in [6, 6.07) is 3.59. The fourth-order valence-electron chi connectivity index (χ4n) is 1.66. The zero-order valence-corrected chi connectivity index (χ0v) is 13.6. The highest BCUT2D eigenvalue weighted by molar-refractivity contribution is 9.10. The van der Waals surface area contributed by atoms with Crippen molar-refractivity contribution in [3.05, 3.63) is 22.2 Å². The van der Waals surface area contributed by atoms with Gasteiger partial charge in [0.1, 0.15) is 0 Å². The molecule has 0 heterocycles. The second kappa shape index (κ2) is 8.48. The van der Waals surface area contributed by atoms with Crippen molar-refractivity contribution in [2.45, 2.75) is 33.0 Å². The van der Waals surface area contributed by atoms with E-state index in [4.69, 9.17) is 9.47 Å². The van der Waals surface area contributed by atoms with E-state index in [1.54, 1.807) is 6.07 Å². The molecular formula is C14H19BrF3NO2. The molecule has 0 saturated heterocycles. The maximum atomic E-state index is 12.2. The third-order valence-electron chi connectivity index (χ3n) is 2.58. The van der Waals surface area contributed by atoms with Crippen LogP contribution in [0.15, 0.2) is 16.6 Å². The quantitative estimate of drug-likeness (QED) is 0.741. The van der Waals surface area contributed by atoms with Crippen molar-refractivity contribution in [1.82, 2.24) is 5.32 Å². The summed E-state index contributed by atoms with van der Waals surface area (Å²) in [6.45, 7) is 5.25. The van der Waals surface area contributed by atoms with Crippen LogP contribution in [0, 0.1) is 0 Å². The van der Waals surface area contributed by atoms with Crippen molar-refractivity contribution in [3.8, 4) is 11.5 Å². The molecule has 0 bridgehead atoms. The van der Waals surface area contributed by atoms with Gasteiger partial charge in [0, 0.05) is 6.54 Å². The Hall–Kier alpha value is -0.950. The van der Waals surface area contributed by atoms with E-state index < -0.39 is 19.2 Å². The highest BCUT2D eigenvalue weighted by atomic mass is 79.9. The molecule has 120 valence electrons. The minimum absolute atomic E-state index is 0.307. The molecule has 0 spiro atoms. The van der Waals surface area contributed by atoms with Crippen LogP contribution >= 0.6 is 15.9 Å². The maximum Gasteiger partial charge on any atom is 0.392 e. The Morgan fingerprint density at radius 1 is 1.19 bits per heavy atom. The Kier molecular flexibility index (Phi) is 7.31. The molecule has 0 aliphatic heterocycles. The number of ether oxygens (including phenoxy) is 2. The van der Waals surface area contributed by atoms with Gasteiger partial charge in [-0.2, -0.15) is 13.2 Å². The van der Waals surface area contributed by atoms with Crippen LogP contribution in [-0.4, -0.2) is 25.9 Å². The lowest BCUT2D eigenvalue weighted by Gasteiger charge is -2.16. The highest BCUT2D eigenvalue weighted by Gasteiger charge is 2.27. The second-order valence-electron chi connectivity index (χ2n) is 4.33. The first-order valence-electron chi connectivity index (χ1n) is 6.72. The van der Waals surface area contributed by atoms with E-state index in [0.717, 1.165) is 12.1 Å². The number of hydrogen-bond donors (Lipinski definition) is 1. The molecule has 21 heavy (non-hydrogen) atoms. The molecular weight excluding hydrogens is 351 g/mol. The molecule has 1 aromatic rings. The zero-order chi connectivity index (χ0) is 15.9. The summed E-state index contributed by atoms with van der Waals surface area (Å²) in [5.74, 6) is 0.753. The molecule has 7 heteroatoms. The largest absolute Gasteiger partial charge is 0.490 e. The smallest absolute Gasteiger partial charge is 0.392 e. The van der Waals surface area contributed by atoms with Crippen LogP contribution in [0.2, 0.25) is 0 Å². The molecule has 0 atom stereocenters. The number of nitrogens with one attached hydrogen (secondary N) is 1. The molecule has 0 saturated carbocycles. The summed E-state index contributed by atoms with van der Waals surface area (Å²) in [5.41, 5.74) is 0.968. The predicted molar refractivity (Wildman–Crippen MR) is 78.9 cm³/mol. The lowest BCUT2D eigenvalue weighted by Crippen LogP contribution is -2.14. The average molecular weight is 370 g/mol. The van der Waals surface area contributed by atoms with Crippen LogP contribution in [-0.2, 0) is 6.54 Å². The third-order valence-corrected chi connectivity index (χ3v) is 3.17. The first kappa shape index (κ1) is 18.1. The summed E-state index contributed by atoms with van der Waals surface area (Å²) in [7, 11) is 0. The van der Waals surface area contributed by atoms with Crippen molar-refractivity contribution < 1.29 is 22.6 Å². The molecule has 1 aromatic carbocycles. The summed E-state index contributed by atoms with van der Waals surface area (Å²) in [6.07, 6.45) is -5.23. The van der Waals surface area contributed by atoms with E-state index in [-0.39, 0.29) is 0 Å². The van der Waals surface area contributed by atoms with Gasteiger partial charge in [-0.1, -0.05) is 6.92 Å². The Bertz CT molecular complexity index is 453. The Labute approximate surface area is 130 Å². The van der Waals surface area contributed by atoms with E-state index in [0.29, 0.717) is 29.1 Å². The summed E-state index contributed by atoms with van der Waals surface area (Å²) in [4.78, 5) is 0. The molecule has 1 rings (SSSR count). The van der Waals surface area contributed by atoms with E-state index in [2.05, 4.69) is 21.2 Å². The van der Waals surface area contributed by atoms with Gasteiger partial charge in [-0.15, -0.1) is 0 Å². The zero-order valence-electron chi connectivity index (χ0n) is 12.0. The van der Waals surface area contributed by atoms with E-state index in [1.165, 1.54) is 0 Å². The minimum Gasteiger partial charge on any atom is -0.490 e. The van der Waals surface area contributed by atoms with Gasteiger partial charge >= 0.3 is 6.18 Å². The van der Waals surface area contributed by atoms with Gasteiger partial charge in [0.2, 0.25) is 0 Å². The van der Waals surface area contributed by atoms with Gasteiger partial charge in [0.25, 0.3) is 0 Å². The maximum absolute atomic E-state index is 12.2. The van der Waals surface area contributed by atoms with Crippen LogP contribution in [0.5, 0.6) is 11.5 Å². The lowest BCUT2D eigenvalue weighted by molar-refractivity contribution is -0.139. The van der Waals surface area contributed by atoms with E-state index in [9.17, 15) is 13.2 Å². The van der Waals surface area contributed by atoms with Gasteiger partial charge in [-0.3, -0.25) is 0 Å². The number of hydrogen-bond acceptors (Lipinski definition) is 3. The second-order valence-corrected chi connectivity index (χ2v) is 5.19. The molecule has 0 amide bonds. The number of halogens is 4. The average Bonchev–Trinajstić information content (AvgIpc) is 2.38.